The number of fused-ring (bicyclic) bond motifs is 1. The highest BCUT2D eigenvalue weighted by molar-refractivity contribution is 5.77. The monoisotopic (exact) mass is 469 g/mol. The van der Waals surface area contributed by atoms with Crippen molar-refractivity contribution < 1.29 is 0 Å². The van der Waals surface area contributed by atoms with Gasteiger partial charge in [0.15, 0.2) is 0 Å². The van der Waals surface area contributed by atoms with Gasteiger partial charge < -0.3 is 10.2 Å². The number of pyridine rings is 1. The minimum absolute atomic E-state index is 0.0865. The first-order valence-electron chi connectivity index (χ1n) is 12.6. The van der Waals surface area contributed by atoms with E-state index in [4.69, 9.17) is 4.98 Å². The Morgan fingerprint density at radius 3 is 2.49 bits per heavy atom. The standard InChI is InChI=1S/C27H31N7O/c1-18(2)32-14-27(15-32)16-33(17-27)22-9-7-21(8-10-22)30-26-29-13-20-11-19(12-28)25(35)34(24(20)31-26)23-5-3-4-6-23/h7-11,13,18,23H,3-6,14-17H2,1-2H3,(H,29,30,31). The molecule has 1 spiro atoms. The van der Waals surface area contributed by atoms with Gasteiger partial charge in [0, 0.05) is 66.6 Å². The largest absolute Gasteiger partial charge is 0.370 e. The molecule has 3 fully saturated rings. The first-order valence-corrected chi connectivity index (χ1v) is 12.6. The summed E-state index contributed by atoms with van der Waals surface area (Å²) in [5.41, 5.74) is 3.12. The van der Waals surface area contributed by atoms with Crippen LogP contribution in [0.4, 0.5) is 17.3 Å². The molecule has 1 aliphatic carbocycles. The zero-order valence-electron chi connectivity index (χ0n) is 20.4. The smallest absolute Gasteiger partial charge is 0.270 e. The molecule has 35 heavy (non-hydrogen) atoms. The lowest BCUT2D eigenvalue weighted by Gasteiger charge is -2.62. The summed E-state index contributed by atoms with van der Waals surface area (Å²) in [6.07, 6.45) is 5.75. The number of benzene rings is 1. The van der Waals surface area contributed by atoms with Crippen LogP contribution >= 0.6 is 0 Å². The maximum atomic E-state index is 13.0. The predicted octanol–water partition coefficient (Wildman–Crippen LogP) is 4.05. The molecule has 1 aromatic carbocycles. The van der Waals surface area contributed by atoms with Crippen LogP contribution in [0.5, 0.6) is 0 Å². The lowest BCUT2D eigenvalue weighted by molar-refractivity contribution is -0.0411. The van der Waals surface area contributed by atoms with Gasteiger partial charge >= 0.3 is 0 Å². The number of aromatic nitrogens is 3. The van der Waals surface area contributed by atoms with Crippen LogP contribution in [0.15, 0.2) is 41.3 Å². The van der Waals surface area contributed by atoms with Crippen LogP contribution in [0.1, 0.15) is 51.1 Å². The maximum absolute atomic E-state index is 13.0. The second kappa shape index (κ2) is 8.35. The predicted molar refractivity (Wildman–Crippen MR) is 137 cm³/mol. The Hall–Kier alpha value is -3.44. The van der Waals surface area contributed by atoms with Crippen molar-refractivity contribution in [2.24, 2.45) is 5.41 Å². The molecule has 0 atom stereocenters. The second-order valence-electron chi connectivity index (χ2n) is 10.8. The number of likely N-dealkylation sites (tertiary alicyclic amines) is 1. The summed E-state index contributed by atoms with van der Waals surface area (Å²) >= 11 is 0. The third-order valence-electron chi connectivity index (χ3n) is 7.93. The Balaban J connectivity index is 1.19. The summed E-state index contributed by atoms with van der Waals surface area (Å²) in [7, 11) is 0. The van der Waals surface area contributed by atoms with Crippen molar-refractivity contribution in [2.45, 2.75) is 51.6 Å². The van der Waals surface area contributed by atoms with Crippen molar-refractivity contribution in [3.63, 3.8) is 0 Å². The lowest BCUT2D eigenvalue weighted by atomic mass is 9.72. The fourth-order valence-electron chi connectivity index (χ4n) is 5.97. The van der Waals surface area contributed by atoms with E-state index in [1.165, 1.54) is 18.8 Å². The topological polar surface area (TPSA) is 90.1 Å². The Morgan fingerprint density at radius 1 is 1.11 bits per heavy atom. The summed E-state index contributed by atoms with van der Waals surface area (Å²) in [5.74, 6) is 0.451. The number of anilines is 3. The minimum Gasteiger partial charge on any atom is -0.370 e. The van der Waals surface area contributed by atoms with E-state index in [1.807, 2.05) is 6.07 Å². The molecule has 2 aromatic heterocycles. The fraction of sp³-hybridized carbons (Fsp3) is 0.481. The minimum atomic E-state index is -0.254. The molecular weight excluding hydrogens is 438 g/mol. The number of hydrogen-bond acceptors (Lipinski definition) is 7. The molecule has 8 nitrogen and oxygen atoms in total. The molecule has 0 unspecified atom stereocenters. The zero-order chi connectivity index (χ0) is 24.2. The van der Waals surface area contributed by atoms with Gasteiger partial charge in [-0.3, -0.25) is 14.3 Å². The molecule has 180 valence electrons. The van der Waals surface area contributed by atoms with Gasteiger partial charge in [-0.1, -0.05) is 12.8 Å². The van der Waals surface area contributed by atoms with Gasteiger partial charge in [-0.25, -0.2) is 4.98 Å². The quantitative estimate of drug-likeness (QED) is 0.603. The summed E-state index contributed by atoms with van der Waals surface area (Å²) in [6, 6.07) is 12.8. The number of nitriles is 1. The van der Waals surface area contributed by atoms with E-state index in [0.717, 1.165) is 44.5 Å². The summed E-state index contributed by atoms with van der Waals surface area (Å²) in [4.78, 5) is 27.1. The van der Waals surface area contributed by atoms with E-state index in [0.29, 0.717) is 28.4 Å². The highest BCUT2D eigenvalue weighted by Crippen LogP contribution is 2.42. The highest BCUT2D eigenvalue weighted by Gasteiger charge is 2.52. The summed E-state index contributed by atoms with van der Waals surface area (Å²) in [5, 5.41) is 13.4. The van der Waals surface area contributed by atoms with Crippen molar-refractivity contribution in [1.29, 1.82) is 5.26 Å². The second-order valence-corrected chi connectivity index (χ2v) is 10.8. The molecule has 3 aromatic rings. The van der Waals surface area contributed by atoms with Crippen LogP contribution in [0, 0.1) is 16.7 Å². The molecule has 0 radical (unpaired) electrons. The molecule has 8 heteroatoms. The number of nitrogens with one attached hydrogen (secondary N) is 1. The van der Waals surface area contributed by atoms with E-state index in [2.05, 4.69) is 58.2 Å². The van der Waals surface area contributed by atoms with Crippen molar-refractivity contribution in [2.75, 3.05) is 36.4 Å². The van der Waals surface area contributed by atoms with Gasteiger partial charge in [-0.05, 0) is 57.0 Å². The molecule has 1 N–H and O–H groups in total. The molecule has 3 aliphatic rings. The highest BCUT2D eigenvalue weighted by atomic mass is 16.1. The van der Waals surface area contributed by atoms with Gasteiger partial charge in [0.2, 0.25) is 5.95 Å². The molecular formula is C27H31N7O. The van der Waals surface area contributed by atoms with Crippen molar-refractivity contribution >= 4 is 28.4 Å². The summed E-state index contributed by atoms with van der Waals surface area (Å²) < 4.78 is 1.72. The Kier molecular flexibility index (Phi) is 5.26. The van der Waals surface area contributed by atoms with E-state index in [1.54, 1.807) is 16.8 Å². The van der Waals surface area contributed by atoms with Crippen molar-refractivity contribution in [1.82, 2.24) is 19.4 Å². The van der Waals surface area contributed by atoms with Gasteiger partial charge in [0.05, 0.1) is 0 Å². The fourth-order valence-corrected chi connectivity index (χ4v) is 5.97. The third-order valence-corrected chi connectivity index (χ3v) is 7.93. The van der Waals surface area contributed by atoms with Gasteiger partial charge in [0.1, 0.15) is 17.3 Å². The van der Waals surface area contributed by atoms with Crippen LogP contribution in [0.3, 0.4) is 0 Å². The van der Waals surface area contributed by atoms with Gasteiger partial charge in [-0.2, -0.15) is 10.2 Å². The lowest BCUT2D eigenvalue weighted by Crippen LogP contribution is -2.73. The van der Waals surface area contributed by atoms with E-state index < -0.39 is 0 Å². The molecule has 0 amide bonds. The molecule has 0 bridgehead atoms. The summed E-state index contributed by atoms with van der Waals surface area (Å²) in [6.45, 7) is 9.21. The Bertz CT molecular complexity index is 1350. The van der Waals surface area contributed by atoms with E-state index in [-0.39, 0.29) is 17.2 Å². The van der Waals surface area contributed by atoms with Crippen LogP contribution in [0.2, 0.25) is 0 Å². The number of hydrogen-bond donors (Lipinski definition) is 1. The average molecular weight is 470 g/mol. The van der Waals surface area contributed by atoms with Crippen molar-refractivity contribution in [3.8, 4) is 6.07 Å². The van der Waals surface area contributed by atoms with Crippen LogP contribution in [-0.2, 0) is 0 Å². The molecule has 2 saturated heterocycles. The van der Waals surface area contributed by atoms with Crippen molar-refractivity contribution in [3.05, 3.63) is 52.4 Å². The number of rotatable bonds is 5. The Labute approximate surface area is 205 Å². The molecule has 4 heterocycles. The third kappa shape index (κ3) is 3.84. The van der Waals surface area contributed by atoms with Crippen LogP contribution < -0.4 is 15.8 Å². The molecule has 6 rings (SSSR count). The van der Waals surface area contributed by atoms with Crippen LogP contribution in [0.25, 0.3) is 11.0 Å². The molecule has 1 saturated carbocycles. The number of nitrogens with zero attached hydrogens (tertiary/aromatic N) is 6. The normalized spacial score (nSPS) is 19.7. The molecule has 2 aliphatic heterocycles. The average Bonchev–Trinajstić information content (AvgIpc) is 3.32. The first kappa shape index (κ1) is 22.1. The Morgan fingerprint density at radius 2 is 1.83 bits per heavy atom. The zero-order valence-corrected chi connectivity index (χ0v) is 20.4. The van der Waals surface area contributed by atoms with Gasteiger partial charge in [0.25, 0.3) is 5.56 Å². The SMILES string of the molecule is CC(C)N1CC2(CN(c3ccc(Nc4ncc5cc(C#N)c(=O)n(C6CCCC6)c5n4)cc3)C2)C1. The van der Waals surface area contributed by atoms with E-state index in [9.17, 15) is 10.1 Å². The van der Waals surface area contributed by atoms with Gasteiger partial charge in [-0.15, -0.1) is 0 Å². The van der Waals surface area contributed by atoms with E-state index >= 15 is 0 Å². The maximum Gasteiger partial charge on any atom is 0.270 e. The van der Waals surface area contributed by atoms with Crippen LogP contribution in [-0.4, -0.2) is 51.7 Å². The first-order chi connectivity index (χ1) is 16.9.